The number of nitrogens with one attached hydrogen (secondary N) is 1. The Kier molecular flexibility index (Phi) is 5.39. The van der Waals surface area contributed by atoms with Crippen molar-refractivity contribution in [3.8, 4) is 0 Å². The number of hydrogen-bond donors (Lipinski definition) is 1. The van der Waals surface area contributed by atoms with Crippen molar-refractivity contribution in [3.63, 3.8) is 0 Å². The molecule has 24 heavy (non-hydrogen) atoms. The van der Waals surface area contributed by atoms with Crippen LogP contribution in [0.2, 0.25) is 10.0 Å². The van der Waals surface area contributed by atoms with E-state index in [0.717, 1.165) is 18.4 Å². The molecule has 6 heteroatoms. The van der Waals surface area contributed by atoms with Gasteiger partial charge in [-0.3, -0.25) is 9.69 Å². The van der Waals surface area contributed by atoms with Crippen LogP contribution in [0.1, 0.15) is 18.4 Å². The molecule has 1 aliphatic carbocycles. The highest BCUT2D eigenvalue weighted by Crippen LogP contribution is 2.30. The largest absolute Gasteiger partial charge is 0.324 e. The van der Waals surface area contributed by atoms with E-state index in [4.69, 9.17) is 23.2 Å². The molecule has 0 saturated heterocycles. The summed E-state index contributed by atoms with van der Waals surface area (Å²) in [6.07, 6.45) is 2.11. The molecule has 0 spiro atoms. The van der Waals surface area contributed by atoms with Crippen molar-refractivity contribution in [2.24, 2.45) is 0 Å². The number of carbonyl (C=O) groups is 1. The third-order valence-corrected chi connectivity index (χ3v) is 4.73. The summed E-state index contributed by atoms with van der Waals surface area (Å²) in [5, 5.41) is 3.52. The Bertz CT molecular complexity index is 750. The maximum atomic E-state index is 13.3. The quantitative estimate of drug-likeness (QED) is 0.800. The van der Waals surface area contributed by atoms with Gasteiger partial charge in [0.05, 0.1) is 22.3 Å². The Morgan fingerprint density at radius 2 is 1.96 bits per heavy atom. The monoisotopic (exact) mass is 366 g/mol. The number of rotatable bonds is 6. The molecular formula is C18H17Cl2FN2O. The fraction of sp³-hybridized carbons (Fsp3) is 0.278. The Labute approximate surface area is 150 Å². The Morgan fingerprint density at radius 1 is 1.21 bits per heavy atom. The first-order valence-corrected chi connectivity index (χ1v) is 8.51. The summed E-state index contributed by atoms with van der Waals surface area (Å²) in [6.45, 7) is 0.767. The topological polar surface area (TPSA) is 32.3 Å². The van der Waals surface area contributed by atoms with Gasteiger partial charge in [-0.1, -0.05) is 41.4 Å². The van der Waals surface area contributed by atoms with E-state index in [-0.39, 0.29) is 18.3 Å². The van der Waals surface area contributed by atoms with E-state index in [1.165, 1.54) is 12.1 Å². The van der Waals surface area contributed by atoms with Crippen LogP contribution in [0.5, 0.6) is 0 Å². The van der Waals surface area contributed by atoms with Crippen molar-refractivity contribution >= 4 is 34.8 Å². The van der Waals surface area contributed by atoms with Gasteiger partial charge in [-0.25, -0.2) is 4.39 Å². The maximum Gasteiger partial charge on any atom is 0.238 e. The molecule has 0 heterocycles. The number of nitrogens with zero attached hydrogens (tertiary/aromatic N) is 1. The molecule has 1 saturated carbocycles. The van der Waals surface area contributed by atoms with E-state index in [2.05, 4.69) is 10.2 Å². The molecule has 0 atom stereocenters. The second kappa shape index (κ2) is 7.51. The molecule has 3 nitrogen and oxygen atoms in total. The lowest BCUT2D eigenvalue weighted by Gasteiger charge is -2.21. The second-order valence-electron chi connectivity index (χ2n) is 5.92. The fourth-order valence-corrected chi connectivity index (χ4v) is 2.95. The van der Waals surface area contributed by atoms with Crippen LogP contribution in [0.4, 0.5) is 10.1 Å². The standard InChI is InChI=1S/C18H17Cl2FN2O/c19-15-5-2-6-16(18(15)20)22-17(24)11-23(14-7-8-14)10-12-3-1-4-13(21)9-12/h1-6,9,14H,7-8,10-11H2,(H,22,24). The molecule has 0 aliphatic heterocycles. The number of halogens is 3. The SMILES string of the molecule is O=C(CN(Cc1cccc(F)c1)C1CC1)Nc1cccc(Cl)c1Cl. The molecule has 126 valence electrons. The van der Waals surface area contributed by atoms with Crippen LogP contribution in [0.15, 0.2) is 42.5 Å². The zero-order chi connectivity index (χ0) is 17.1. The highest BCUT2D eigenvalue weighted by Gasteiger charge is 2.30. The van der Waals surface area contributed by atoms with E-state index < -0.39 is 0 Å². The summed E-state index contributed by atoms with van der Waals surface area (Å²) in [5.74, 6) is -0.430. The first-order chi connectivity index (χ1) is 11.5. The normalized spacial score (nSPS) is 14.0. The summed E-state index contributed by atoms with van der Waals surface area (Å²) in [5.41, 5.74) is 1.35. The van der Waals surface area contributed by atoms with E-state index in [9.17, 15) is 9.18 Å². The predicted molar refractivity (Wildman–Crippen MR) is 94.9 cm³/mol. The van der Waals surface area contributed by atoms with Crippen molar-refractivity contribution in [1.82, 2.24) is 4.90 Å². The predicted octanol–water partition coefficient (Wildman–Crippen LogP) is 4.74. The first-order valence-electron chi connectivity index (χ1n) is 7.75. The van der Waals surface area contributed by atoms with Crippen LogP contribution in [0.3, 0.4) is 0 Å². The lowest BCUT2D eigenvalue weighted by Crippen LogP contribution is -2.34. The highest BCUT2D eigenvalue weighted by molar-refractivity contribution is 6.43. The van der Waals surface area contributed by atoms with Gasteiger partial charge >= 0.3 is 0 Å². The molecule has 1 aliphatic rings. The second-order valence-corrected chi connectivity index (χ2v) is 6.70. The Balaban J connectivity index is 1.65. The molecule has 1 amide bonds. The molecule has 2 aromatic rings. The van der Waals surface area contributed by atoms with Crippen molar-refractivity contribution < 1.29 is 9.18 Å². The molecule has 2 aromatic carbocycles. The van der Waals surface area contributed by atoms with Crippen molar-refractivity contribution in [3.05, 3.63) is 63.9 Å². The number of amides is 1. The lowest BCUT2D eigenvalue weighted by atomic mass is 10.2. The summed E-state index contributed by atoms with van der Waals surface area (Å²) in [7, 11) is 0. The number of hydrogen-bond acceptors (Lipinski definition) is 2. The Hall–Kier alpha value is -1.62. The van der Waals surface area contributed by atoms with Gasteiger partial charge in [-0.15, -0.1) is 0 Å². The summed E-state index contributed by atoms with van der Waals surface area (Å²) < 4.78 is 13.3. The minimum Gasteiger partial charge on any atom is -0.324 e. The van der Waals surface area contributed by atoms with Crippen LogP contribution in [-0.4, -0.2) is 23.4 Å². The van der Waals surface area contributed by atoms with Gasteiger partial charge in [0.2, 0.25) is 5.91 Å². The highest BCUT2D eigenvalue weighted by atomic mass is 35.5. The number of anilines is 1. The number of carbonyl (C=O) groups excluding carboxylic acids is 1. The third-order valence-electron chi connectivity index (χ3n) is 3.91. The van der Waals surface area contributed by atoms with Gasteiger partial charge in [-0.2, -0.15) is 0 Å². The molecule has 3 rings (SSSR count). The first kappa shape index (κ1) is 17.2. The van der Waals surface area contributed by atoms with Gasteiger partial charge in [0.1, 0.15) is 5.82 Å². The molecule has 1 fully saturated rings. The number of benzene rings is 2. The molecule has 0 unspecified atom stereocenters. The van der Waals surface area contributed by atoms with E-state index in [1.807, 2.05) is 6.07 Å². The summed E-state index contributed by atoms with van der Waals surface area (Å²) in [6, 6.07) is 11.9. The Morgan fingerprint density at radius 3 is 2.67 bits per heavy atom. The molecule has 1 N–H and O–H groups in total. The summed E-state index contributed by atoms with van der Waals surface area (Å²) in [4.78, 5) is 14.4. The van der Waals surface area contributed by atoms with E-state index in [1.54, 1.807) is 24.3 Å². The average Bonchev–Trinajstić information content (AvgIpc) is 3.36. The van der Waals surface area contributed by atoms with Gasteiger partial charge in [0.15, 0.2) is 0 Å². The van der Waals surface area contributed by atoms with Gasteiger partial charge < -0.3 is 5.32 Å². The van der Waals surface area contributed by atoms with Gasteiger partial charge in [0.25, 0.3) is 0 Å². The minimum atomic E-state index is -0.265. The van der Waals surface area contributed by atoms with Gasteiger partial charge in [0, 0.05) is 12.6 Å². The average molecular weight is 367 g/mol. The molecular weight excluding hydrogens is 350 g/mol. The van der Waals surface area contributed by atoms with Crippen LogP contribution < -0.4 is 5.32 Å². The van der Waals surface area contributed by atoms with Crippen molar-refractivity contribution in [2.45, 2.75) is 25.4 Å². The third kappa shape index (κ3) is 4.47. The van der Waals surface area contributed by atoms with Crippen LogP contribution in [0, 0.1) is 5.82 Å². The van der Waals surface area contributed by atoms with Crippen LogP contribution >= 0.6 is 23.2 Å². The molecule has 0 bridgehead atoms. The fourth-order valence-electron chi connectivity index (χ4n) is 2.60. The maximum absolute atomic E-state index is 13.3. The summed E-state index contributed by atoms with van der Waals surface area (Å²) >= 11 is 12.1. The lowest BCUT2D eigenvalue weighted by molar-refractivity contribution is -0.117. The van der Waals surface area contributed by atoms with Crippen molar-refractivity contribution in [2.75, 3.05) is 11.9 Å². The molecule has 0 radical (unpaired) electrons. The molecule has 0 aromatic heterocycles. The smallest absolute Gasteiger partial charge is 0.238 e. The van der Waals surface area contributed by atoms with E-state index in [0.29, 0.717) is 28.3 Å². The van der Waals surface area contributed by atoms with Crippen LogP contribution in [-0.2, 0) is 11.3 Å². The van der Waals surface area contributed by atoms with Gasteiger partial charge in [-0.05, 0) is 42.7 Å². The minimum absolute atomic E-state index is 0.164. The van der Waals surface area contributed by atoms with E-state index >= 15 is 0 Å². The van der Waals surface area contributed by atoms with Crippen LogP contribution in [0.25, 0.3) is 0 Å². The zero-order valence-electron chi connectivity index (χ0n) is 12.9. The zero-order valence-corrected chi connectivity index (χ0v) is 14.4. The van der Waals surface area contributed by atoms with Crippen molar-refractivity contribution in [1.29, 1.82) is 0 Å².